The van der Waals surface area contributed by atoms with Gasteiger partial charge in [0.2, 0.25) is 0 Å². The Morgan fingerprint density at radius 1 is 1.22 bits per heavy atom. The number of carbonyl (C=O) groups is 1. The maximum absolute atomic E-state index is 11.1. The van der Waals surface area contributed by atoms with E-state index in [2.05, 4.69) is 32.3 Å². The number of aromatic carboxylic acids is 1. The first kappa shape index (κ1) is 14.8. The lowest BCUT2D eigenvalue weighted by Gasteiger charge is -2.27. The molecule has 0 saturated carbocycles. The Hall–Kier alpha value is -1.25. The monoisotopic (exact) mass is 251 g/mol. The van der Waals surface area contributed by atoms with Crippen molar-refractivity contribution in [2.24, 2.45) is 17.8 Å². The Bertz CT molecular complexity index is 422. The van der Waals surface area contributed by atoms with Gasteiger partial charge in [-0.2, -0.15) is 0 Å². The van der Waals surface area contributed by atoms with Crippen molar-refractivity contribution in [2.75, 3.05) is 0 Å². The third-order valence-corrected chi connectivity index (χ3v) is 3.91. The van der Waals surface area contributed by atoms with Crippen molar-refractivity contribution in [3.8, 4) is 0 Å². The van der Waals surface area contributed by atoms with Gasteiger partial charge in [0.05, 0.1) is 5.56 Å². The molecule has 1 heterocycles. The quantitative estimate of drug-likeness (QED) is 0.866. The maximum atomic E-state index is 11.1. The van der Waals surface area contributed by atoms with Gasteiger partial charge < -0.3 is 9.67 Å². The minimum Gasteiger partial charge on any atom is -0.478 e. The van der Waals surface area contributed by atoms with Crippen molar-refractivity contribution in [3.05, 3.63) is 23.0 Å². The number of carboxylic acid groups (broad SMARTS) is 1. The summed E-state index contributed by atoms with van der Waals surface area (Å²) in [4.78, 5) is 11.1. The van der Waals surface area contributed by atoms with Crippen LogP contribution in [0, 0.1) is 31.6 Å². The Morgan fingerprint density at radius 2 is 1.72 bits per heavy atom. The molecule has 0 aliphatic heterocycles. The van der Waals surface area contributed by atoms with Crippen molar-refractivity contribution >= 4 is 5.97 Å². The van der Waals surface area contributed by atoms with E-state index in [1.54, 1.807) is 6.07 Å². The molecule has 3 heteroatoms. The molecule has 0 aromatic carbocycles. The van der Waals surface area contributed by atoms with Crippen LogP contribution in [0.25, 0.3) is 0 Å². The molecule has 102 valence electrons. The molecule has 0 spiro atoms. The summed E-state index contributed by atoms with van der Waals surface area (Å²) in [7, 11) is 0. The van der Waals surface area contributed by atoms with Crippen LogP contribution >= 0.6 is 0 Å². The van der Waals surface area contributed by atoms with Crippen LogP contribution in [0.5, 0.6) is 0 Å². The summed E-state index contributed by atoms with van der Waals surface area (Å²) in [5, 5.41) is 9.14. The smallest absolute Gasteiger partial charge is 0.337 e. The highest BCUT2D eigenvalue weighted by molar-refractivity contribution is 5.89. The van der Waals surface area contributed by atoms with Gasteiger partial charge in [-0.1, -0.05) is 27.7 Å². The fraction of sp³-hybridized carbons (Fsp3) is 0.667. The minimum absolute atomic E-state index is 0.429. The van der Waals surface area contributed by atoms with Gasteiger partial charge in [0.1, 0.15) is 0 Å². The third-order valence-electron chi connectivity index (χ3n) is 3.91. The molecule has 0 radical (unpaired) electrons. The maximum Gasteiger partial charge on any atom is 0.337 e. The number of carboxylic acids is 1. The van der Waals surface area contributed by atoms with Gasteiger partial charge in [0.25, 0.3) is 0 Å². The Morgan fingerprint density at radius 3 is 2.06 bits per heavy atom. The molecule has 1 aromatic heterocycles. The Kier molecular flexibility index (Phi) is 4.60. The molecule has 0 saturated heterocycles. The lowest BCUT2D eigenvalue weighted by atomic mass is 9.85. The molecular formula is C15H25NO2. The second-order valence-electron chi connectivity index (χ2n) is 5.85. The summed E-state index contributed by atoms with van der Waals surface area (Å²) >= 11 is 0. The molecule has 0 aliphatic rings. The molecule has 0 fully saturated rings. The van der Waals surface area contributed by atoms with Crippen LogP contribution in [0.4, 0.5) is 0 Å². The standard InChI is InChI=1S/C15H25NO2/c1-9(2)14(10(3)4)8-16-11(5)7-13(12(16)6)15(17)18/h7,9-10,14H,8H2,1-6H3,(H,17,18). The van der Waals surface area contributed by atoms with E-state index in [1.165, 1.54) is 0 Å². The fourth-order valence-electron chi connectivity index (χ4n) is 2.70. The van der Waals surface area contributed by atoms with Crippen LogP contribution < -0.4 is 0 Å². The van der Waals surface area contributed by atoms with E-state index >= 15 is 0 Å². The number of hydrogen-bond donors (Lipinski definition) is 1. The van der Waals surface area contributed by atoms with Crippen molar-refractivity contribution in [3.63, 3.8) is 0 Å². The largest absolute Gasteiger partial charge is 0.478 e. The van der Waals surface area contributed by atoms with Crippen LogP contribution in [0.15, 0.2) is 6.07 Å². The highest BCUT2D eigenvalue weighted by Gasteiger charge is 2.21. The SMILES string of the molecule is Cc1cc(C(=O)O)c(C)n1CC(C(C)C)C(C)C. The van der Waals surface area contributed by atoms with E-state index in [0.717, 1.165) is 17.9 Å². The van der Waals surface area contributed by atoms with Gasteiger partial charge in [0, 0.05) is 17.9 Å². The first-order chi connectivity index (χ1) is 8.25. The van der Waals surface area contributed by atoms with Crippen LogP contribution in [-0.2, 0) is 6.54 Å². The van der Waals surface area contributed by atoms with E-state index in [1.807, 2.05) is 13.8 Å². The second-order valence-corrected chi connectivity index (χ2v) is 5.85. The summed E-state index contributed by atoms with van der Waals surface area (Å²) in [5.41, 5.74) is 2.33. The van der Waals surface area contributed by atoms with Gasteiger partial charge in [-0.3, -0.25) is 0 Å². The number of aryl methyl sites for hydroxylation is 1. The van der Waals surface area contributed by atoms with Gasteiger partial charge in [-0.15, -0.1) is 0 Å². The number of aromatic nitrogens is 1. The van der Waals surface area contributed by atoms with Gasteiger partial charge in [0.15, 0.2) is 0 Å². The van der Waals surface area contributed by atoms with E-state index in [0.29, 0.717) is 23.3 Å². The number of rotatable bonds is 5. The predicted octanol–water partition coefficient (Wildman–Crippen LogP) is 3.73. The van der Waals surface area contributed by atoms with Crippen molar-refractivity contribution < 1.29 is 9.90 Å². The zero-order chi connectivity index (χ0) is 14.0. The zero-order valence-electron chi connectivity index (χ0n) is 12.3. The topological polar surface area (TPSA) is 42.2 Å². The molecule has 0 atom stereocenters. The molecule has 1 aromatic rings. The lowest BCUT2D eigenvalue weighted by Crippen LogP contribution is -2.23. The van der Waals surface area contributed by atoms with E-state index < -0.39 is 5.97 Å². The van der Waals surface area contributed by atoms with Crippen LogP contribution in [0.3, 0.4) is 0 Å². The van der Waals surface area contributed by atoms with Crippen LogP contribution in [-0.4, -0.2) is 15.6 Å². The highest BCUT2D eigenvalue weighted by atomic mass is 16.4. The molecule has 0 aliphatic carbocycles. The first-order valence-corrected chi connectivity index (χ1v) is 6.65. The highest BCUT2D eigenvalue weighted by Crippen LogP contribution is 2.25. The average molecular weight is 251 g/mol. The molecule has 0 unspecified atom stereocenters. The summed E-state index contributed by atoms with van der Waals surface area (Å²) in [5.74, 6) is 0.926. The zero-order valence-corrected chi connectivity index (χ0v) is 12.3. The van der Waals surface area contributed by atoms with E-state index in [-0.39, 0.29) is 0 Å². The van der Waals surface area contributed by atoms with Gasteiger partial charge in [-0.05, 0) is 37.7 Å². The molecular weight excluding hydrogens is 226 g/mol. The van der Waals surface area contributed by atoms with Gasteiger partial charge >= 0.3 is 5.97 Å². The summed E-state index contributed by atoms with van der Waals surface area (Å²) in [6, 6.07) is 1.77. The average Bonchev–Trinajstić information content (AvgIpc) is 2.50. The normalized spacial score (nSPS) is 11.8. The Balaban J connectivity index is 3.07. The van der Waals surface area contributed by atoms with E-state index in [4.69, 9.17) is 5.11 Å². The number of nitrogens with zero attached hydrogens (tertiary/aromatic N) is 1. The van der Waals surface area contributed by atoms with Crippen molar-refractivity contribution in [1.82, 2.24) is 4.57 Å². The molecule has 3 nitrogen and oxygen atoms in total. The second kappa shape index (κ2) is 5.59. The fourth-order valence-corrected chi connectivity index (χ4v) is 2.70. The number of hydrogen-bond acceptors (Lipinski definition) is 1. The summed E-state index contributed by atoms with van der Waals surface area (Å²) < 4.78 is 2.15. The van der Waals surface area contributed by atoms with Crippen molar-refractivity contribution in [2.45, 2.75) is 48.1 Å². The first-order valence-electron chi connectivity index (χ1n) is 6.65. The minimum atomic E-state index is -0.833. The van der Waals surface area contributed by atoms with Crippen LogP contribution in [0.2, 0.25) is 0 Å². The predicted molar refractivity (Wildman–Crippen MR) is 74.0 cm³/mol. The van der Waals surface area contributed by atoms with Crippen molar-refractivity contribution in [1.29, 1.82) is 0 Å². The molecule has 18 heavy (non-hydrogen) atoms. The summed E-state index contributed by atoms with van der Waals surface area (Å²) in [6.45, 7) is 13.7. The molecule has 1 rings (SSSR count). The molecule has 0 bridgehead atoms. The molecule has 0 amide bonds. The lowest BCUT2D eigenvalue weighted by molar-refractivity contribution is 0.0696. The Labute approximate surface area is 110 Å². The molecule has 1 N–H and O–H groups in total. The third kappa shape index (κ3) is 2.95. The van der Waals surface area contributed by atoms with Crippen LogP contribution in [0.1, 0.15) is 49.4 Å². The summed E-state index contributed by atoms with van der Waals surface area (Å²) in [6.07, 6.45) is 0. The van der Waals surface area contributed by atoms with Gasteiger partial charge in [-0.25, -0.2) is 4.79 Å². The van der Waals surface area contributed by atoms with E-state index in [9.17, 15) is 4.79 Å².